The number of anilines is 1. The smallest absolute Gasteiger partial charge is 0.129 e. The highest BCUT2D eigenvalue weighted by atomic mass is 15.2. The Hall–Kier alpha value is -2.27. The molecular formula is C14H15N5. The van der Waals surface area contributed by atoms with Crippen LogP contribution in [-0.2, 0) is 6.42 Å². The first-order valence-electron chi connectivity index (χ1n) is 6.25. The molecule has 5 nitrogen and oxygen atoms in total. The highest BCUT2D eigenvalue weighted by Gasteiger charge is 2.18. The molecule has 3 rings (SSSR count). The average Bonchev–Trinajstić information content (AvgIpc) is 2.48. The van der Waals surface area contributed by atoms with Gasteiger partial charge >= 0.3 is 0 Å². The minimum Gasteiger partial charge on any atom is -0.332 e. The van der Waals surface area contributed by atoms with E-state index in [0.29, 0.717) is 0 Å². The molecule has 2 aromatic rings. The minimum absolute atomic E-state index is 0.263. The van der Waals surface area contributed by atoms with Gasteiger partial charge < -0.3 is 10.6 Å². The normalized spacial score (nSPS) is 17.3. The van der Waals surface area contributed by atoms with Crippen LogP contribution in [0.3, 0.4) is 0 Å². The van der Waals surface area contributed by atoms with Crippen LogP contribution in [0.5, 0.6) is 0 Å². The van der Waals surface area contributed by atoms with Crippen molar-refractivity contribution in [3.8, 4) is 0 Å². The van der Waals surface area contributed by atoms with Gasteiger partial charge in [0.1, 0.15) is 12.0 Å². The summed E-state index contributed by atoms with van der Waals surface area (Å²) in [5.41, 5.74) is 8.13. The summed E-state index contributed by atoms with van der Waals surface area (Å²) in [7, 11) is 0. The molecule has 0 radical (unpaired) electrons. The highest BCUT2D eigenvalue weighted by molar-refractivity contribution is 5.83. The minimum atomic E-state index is -0.263. The van der Waals surface area contributed by atoms with Crippen molar-refractivity contribution in [3.63, 3.8) is 0 Å². The van der Waals surface area contributed by atoms with Gasteiger partial charge in [0, 0.05) is 36.6 Å². The van der Waals surface area contributed by atoms with Crippen LogP contribution in [0.15, 0.2) is 47.7 Å². The molecule has 0 saturated carbocycles. The van der Waals surface area contributed by atoms with E-state index >= 15 is 0 Å². The summed E-state index contributed by atoms with van der Waals surface area (Å²) < 4.78 is 0. The number of nitrogens with zero attached hydrogens (tertiary/aromatic N) is 4. The second-order valence-corrected chi connectivity index (χ2v) is 4.38. The van der Waals surface area contributed by atoms with Crippen molar-refractivity contribution in [2.45, 2.75) is 12.6 Å². The number of nitrogens with two attached hydrogens (primary N) is 1. The lowest BCUT2D eigenvalue weighted by Crippen LogP contribution is -2.30. The predicted octanol–water partition coefficient (Wildman–Crippen LogP) is 1.52. The zero-order valence-electron chi connectivity index (χ0n) is 10.5. The van der Waals surface area contributed by atoms with Gasteiger partial charge in [0.05, 0.1) is 6.34 Å². The molecule has 1 atom stereocenters. The van der Waals surface area contributed by atoms with Crippen molar-refractivity contribution in [1.29, 1.82) is 0 Å². The number of rotatable bonds is 3. The Bertz CT molecular complexity index is 581. The topological polar surface area (TPSA) is 67.4 Å². The molecule has 0 aliphatic carbocycles. The van der Waals surface area contributed by atoms with Crippen LogP contribution in [-0.4, -0.2) is 22.9 Å². The van der Waals surface area contributed by atoms with Crippen LogP contribution in [0.4, 0.5) is 5.69 Å². The highest BCUT2D eigenvalue weighted by Crippen LogP contribution is 2.28. The third-order valence-corrected chi connectivity index (χ3v) is 3.13. The van der Waals surface area contributed by atoms with Gasteiger partial charge in [-0.2, -0.15) is 0 Å². The molecule has 0 bridgehead atoms. The standard InChI is InChI=1S/C14H15N5/c15-14-11-4-1-2-5-12(11)19(10-18-14)9-6-13-16-7-3-8-17-13/h1-5,7-8,10,14H,6,9,15H2. The third-order valence-electron chi connectivity index (χ3n) is 3.13. The monoisotopic (exact) mass is 253 g/mol. The third kappa shape index (κ3) is 2.46. The number of hydrogen-bond acceptors (Lipinski definition) is 5. The van der Waals surface area contributed by atoms with Crippen molar-refractivity contribution in [2.24, 2.45) is 10.7 Å². The Morgan fingerprint density at radius 1 is 1.11 bits per heavy atom. The van der Waals surface area contributed by atoms with Gasteiger partial charge in [0.15, 0.2) is 0 Å². The Kier molecular flexibility index (Phi) is 3.20. The Balaban J connectivity index is 1.77. The number of aliphatic imine (C=N–C) groups is 1. The molecule has 1 aliphatic heterocycles. The van der Waals surface area contributed by atoms with Gasteiger partial charge in [-0.25, -0.2) is 9.97 Å². The number of fused-ring (bicyclic) bond motifs is 1. The molecule has 0 amide bonds. The second-order valence-electron chi connectivity index (χ2n) is 4.38. The van der Waals surface area contributed by atoms with E-state index in [0.717, 1.165) is 30.0 Å². The molecule has 1 aromatic heterocycles. The van der Waals surface area contributed by atoms with Crippen molar-refractivity contribution >= 4 is 12.0 Å². The molecule has 96 valence electrons. The summed E-state index contributed by atoms with van der Waals surface area (Å²) in [5, 5.41) is 0. The maximum Gasteiger partial charge on any atom is 0.129 e. The average molecular weight is 253 g/mol. The number of aromatic nitrogens is 2. The van der Waals surface area contributed by atoms with E-state index in [1.54, 1.807) is 18.7 Å². The molecule has 0 fully saturated rings. The van der Waals surface area contributed by atoms with Gasteiger partial charge in [-0.3, -0.25) is 4.99 Å². The van der Waals surface area contributed by atoms with Crippen LogP contribution in [0.25, 0.3) is 0 Å². The molecule has 0 spiro atoms. The first-order valence-corrected chi connectivity index (χ1v) is 6.25. The summed E-state index contributed by atoms with van der Waals surface area (Å²) in [6, 6.07) is 9.89. The Morgan fingerprint density at radius 2 is 1.89 bits per heavy atom. The molecule has 2 heterocycles. The van der Waals surface area contributed by atoms with E-state index in [9.17, 15) is 0 Å². The molecule has 0 saturated heterocycles. The number of benzene rings is 1. The Morgan fingerprint density at radius 3 is 2.74 bits per heavy atom. The summed E-state index contributed by atoms with van der Waals surface area (Å²) >= 11 is 0. The summed E-state index contributed by atoms with van der Waals surface area (Å²) in [6.45, 7) is 0.789. The lowest BCUT2D eigenvalue weighted by atomic mass is 10.1. The van der Waals surface area contributed by atoms with E-state index in [4.69, 9.17) is 5.73 Å². The Labute approximate surface area is 111 Å². The van der Waals surface area contributed by atoms with Crippen LogP contribution >= 0.6 is 0 Å². The largest absolute Gasteiger partial charge is 0.332 e. The molecule has 2 N–H and O–H groups in total. The number of para-hydroxylation sites is 1. The van der Waals surface area contributed by atoms with Gasteiger partial charge in [-0.1, -0.05) is 18.2 Å². The van der Waals surface area contributed by atoms with Crippen molar-refractivity contribution < 1.29 is 0 Å². The van der Waals surface area contributed by atoms with E-state index in [1.807, 2.05) is 24.3 Å². The van der Waals surface area contributed by atoms with Crippen LogP contribution in [0.2, 0.25) is 0 Å². The molecule has 1 aromatic carbocycles. The molecule has 1 unspecified atom stereocenters. The summed E-state index contributed by atoms with van der Waals surface area (Å²) in [5.74, 6) is 0.836. The summed E-state index contributed by atoms with van der Waals surface area (Å²) in [6.07, 6.45) is 5.83. The molecule has 1 aliphatic rings. The van der Waals surface area contributed by atoms with Crippen LogP contribution in [0, 0.1) is 0 Å². The van der Waals surface area contributed by atoms with Crippen molar-refractivity contribution in [3.05, 3.63) is 54.1 Å². The molecule has 19 heavy (non-hydrogen) atoms. The second kappa shape index (κ2) is 5.16. The van der Waals surface area contributed by atoms with E-state index in [2.05, 4.69) is 25.9 Å². The van der Waals surface area contributed by atoms with Gasteiger partial charge in [0.2, 0.25) is 0 Å². The van der Waals surface area contributed by atoms with Gasteiger partial charge in [0.25, 0.3) is 0 Å². The van der Waals surface area contributed by atoms with Crippen LogP contribution < -0.4 is 10.6 Å². The SMILES string of the molecule is NC1N=CN(CCc2ncccn2)c2ccccc21. The first kappa shape index (κ1) is 11.8. The lowest BCUT2D eigenvalue weighted by molar-refractivity contribution is 0.747. The van der Waals surface area contributed by atoms with E-state index in [1.165, 1.54) is 0 Å². The first-order chi connectivity index (χ1) is 9.34. The van der Waals surface area contributed by atoms with E-state index in [-0.39, 0.29) is 6.17 Å². The fourth-order valence-electron chi connectivity index (χ4n) is 2.15. The fourth-order valence-corrected chi connectivity index (χ4v) is 2.15. The summed E-state index contributed by atoms with van der Waals surface area (Å²) in [4.78, 5) is 14.8. The van der Waals surface area contributed by atoms with E-state index < -0.39 is 0 Å². The van der Waals surface area contributed by atoms with Crippen LogP contribution in [0.1, 0.15) is 17.6 Å². The van der Waals surface area contributed by atoms with Crippen molar-refractivity contribution in [2.75, 3.05) is 11.4 Å². The zero-order valence-corrected chi connectivity index (χ0v) is 10.5. The lowest BCUT2D eigenvalue weighted by Gasteiger charge is -2.28. The maximum absolute atomic E-state index is 5.97. The molecule has 5 heteroatoms. The van der Waals surface area contributed by atoms with Gasteiger partial charge in [-0.15, -0.1) is 0 Å². The predicted molar refractivity (Wildman–Crippen MR) is 74.9 cm³/mol. The fraction of sp³-hybridized carbons (Fsp3) is 0.214. The van der Waals surface area contributed by atoms with Gasteiger partial charge in [-0.05, 0) is 12.1 Å². The van der Waals surface area contributed by atoms with Crippen molar-refractivity contribution in [1.82, 2.24) is 9.97 Å². The number of hydrogen-bond donors (Lipinski definition) is 1. The zero-order chi connectivity index (χ0) is 13.1. The molecular weight excluding hydrogens is 238 g/mol. The maximum atomic E-state index is 5.97. The quantitative estimate of drug-likeness (QED) is 0.900.